The van der Waals surface area contributed by atoms with Gasteiger partial charge in [-0.1, -0.05) is 35.3 Å². The van der Waals surface area contributed by atoms with E-state index in [1.54, 1.807) is 42.5 Å². The molecule has 4 aromatic rings. The summed E-state index contributed by atoms with van der Waals surface area (Å²) in [7, 11) is 0. The minimum Gasteiger partial charge on any atom is -0.488 e. The summed E-state index contributed by atoms with van der Waals surface area (Å²) in [6.07, 6.45) is 0.729. The minimum atomic E-state index is -1.42. The highest BCUT2D eigenvalue weighted by atomic mass is 35.5. The van der Waals surface area contributed by atoms with Crippen molar-refractivity contribution in [2.45, 2.75) is 19.6 Å². The highest BCUT2D eigenvalue weighted by molar-refractivity contribution is 6.30. The summed E-state index contributed by atoms with van der Waals surface area (Å²) in [5.74, 6) is 0.245. The van der Waals surface area contributed by atoms with Gasteiger partial charge in [-0.25, -0.2) is 9.18 Å². The summed E-state index contributed by atoms with van der Waals surface area (Å²) < 4.78 is 27.0. The zero-order valence-electron chi connectivity index (χ0n) is 17.8. The molecule has 176 valence electrons. The second-order valence-corrected chi connectivity index (χ2v) is 8.42. The Morgan fingerprint density at radius 1 is 0.971 bits per heavy atom. The van der Waals surface area contributed by atoms with E-state index in [1.165, 1.54) is 6.07 Å². The first-order chi connectivity index (χ1) is 16.4. The Balaban J connectivity index is 1.69. The van der Waals surface area contributed by atoms with Crippen LogP contribution in [-0.2, 0) is 19.6 Å². The summed E-state index contributed by atoms with van der Waals surface area (Å²) >= 11 is 12.1. The van der Waals surface area contributed by atoms with Gasteiger partial charge < -0.3 is 24.3 Å². The third-order valence-corrected chi connectivity index (χ3v) is 5.76. The van der Waals surface area contributed by atoms with Crippen LogP contribution in [0.1, 0.15) is 16.7 Å². The number of aromatic nitrogens is 1. The predicted octanol–water partition coefficient (Wildman–Crippen LogP) is 6.31. The molecule has 0 amide bonds. The van der Waals surface area contributed by atoms with Crippen LogP contribution in [-0.4, -0.2) is 27.5 Å². The van der Waals surface area contributed by atoms with Crippen LogP contribution < -0.4 is 9.47 Å². The fourth-order valence-electron chi connectivity index (χ4n) is 3.81. The molecule has 3 aromatic carbocycles. The number of aliphatic hydroxyl groups is 1. The molecule has 0 aliphatic heterocycles. The molecule has 0 saturated carbocycles. The van der Waals surface area contributed by atoms with Crippen molar-refractivity contribution in [2.24, 2.45) is 0 Å². The Hall–Kier alpha value is -3.26. The molecule has 0 spiro atoms. The van der Waals surface area contributed by atoms with Gasteiger partial charge in [0.05, 0.1) is 12.1 Å². The molecule has 0 saturated heterocycles. The summed E-state index contributed by atoms with van der Waals surface area (Å²) in [4.78, 5) is 11.1. The van der Waals surface area contributed by atoms with Gasteiger partial charge in [0.1, 0.15) is 23.9 Å². The van der Waals surface area contributed by atoms with Crippen molar-refractivity contribution >= 4 is 40.3 Å². The van der Waals surface area contributed by atoms with Crippen molar-refractivity contribution in [3.8, 4) is 11.5 Å². The van der Waals surface area contributed by atoms with Gasteiger partial charge >= 0.3 is 6.16 Å². The van der Waals surface area contributed by atoms with Crippen LogP contribution in [0.4, 0.5) is 9.18 Å². The largest absolute Gasteiger partial charge is 0.511 e. The van der Waals surface area contributed by atoms with E-state index in [2.05, 4.69) is 0 Å². The van der Waals surface area contributed by atoms with E-state index < -0.39 is 12.0 Å². The van der Waals surface area contributed by atoms with Gasteiger partial charge in [0.2, 0.25) is 0 Å². The molecule has 0 fully saturated rings. The number of fused-ring (bicyclic) bond motifs is 1. The minimum absolute atomic E-state index is 0.00355. The van der Waals surface area contributed by atoms with Gasteiger partial charge in [-0.15, -0.1) is 0 Å². The Morgan fingerprint density at radius 3 is 2.47 bits per heavy atom. The molecule has 4 rings (SSSR count). The van der Waals surface area contributed by atoms with Crippen LogP contribution in [0.15, 0.2) is 60.8 Å². The van der Waals surface area contributed by atoms with E-state index in [9.17, 15) is 14.3 Å². The van der Waals surface area contributed by atoms with Gasteiger partial charge in [-0.2, -0.15) is 0 Å². The van der Waals surface area contributed by atoms with Crippen molar-refractivity contribution in [3.05, 3.63) is 93.3 Å². The number of carbonyl (C=O) groups is 1. The van der Waals surface area contributed by atoms with Crippen LogP contribution >= 0.6 is 23.2 Å². The normalized spacial score (nSPS) is 11.1. The van der Waals surface area contributed by atoms with Crippen molar-refractivity contribution in [1.82, 2.24) is 4.57 Å². The van der Waals surface area contributed by atoms with E-state index in [-0.39, 0.29) is 19.0 Å². The second kappa shape index (κ2) is 10.3. The monoisotopic (exact) mass is 503 g/mol. The molecular formula is C25H20Cl2FNO5. The smallest absolute Gasteiger partial charge is 0.488 e. The van der Waals surface area contributed by atoms with Crippen molar-refractivity contribution in [3.63, 3.8) is 0 Å². The average molecular weight is 504 g/mol. The standard InChI is InChI=1S/C25H20Cl2FNO5/c26-18-6-7-22(33-14-16-4-5-19(27)11-20(16)28)17(10-18)13-29-12-15(8-9-30)24-21(29)2-1-3-23(24)34-25(31)32/h1-7,10-12,30H,8-9,13-14H2,(H,31,32). The van der Waals surface area contributed by atoms with Crippen molar-refractivity contribution in [2.75, 3.05) is 6.61 Å². The number of carboxylic acid groups (broad SMARTS) is 1. The van der Waals surface area contributed by atoms with E-state index in [4.69, 9.17) is 37.8 Å². The van der Waals surface area contributed by atoms with Gasteiger partial charge in [0.15, 0.2) is 0 Å². The average Bonchev–Trinajstić information content (AvgIpc) is 3.12. The van der Waals surface area contributed by atoms with Gasteiger partial charge in [-0.3, -0.25) is 0 Å². The zero-order valence-corrected chi connectivity index (χ0v) is 19.3. The molecule has 1 heterocycles. The molecule has 9 heteroatoms. The van der Waals surface area contributed by atoms with Crippen molar-refractivity contribution < 1.29 is 28.9 Å². The Labute approximate surface area is 204 Å². The van der Waals surface area contributed by atoms with Crippen LogP contribution in [0.5, 0.6) is 11.5 Å². The molecule has 2 N–H and O–H groups in total. The number of aliphatic hydroxyl groups excluding tert-OH is 1. The number of benzene rings is 3. The van der Waals surface area contributed by atoms with Gasteiger partial charge in [0.25, 0.3) is 0 Å². The van der Waals surface area contributed by atoms with E-state index in [0.29, 0.717) is 39.7 Å². The van der Waals surface area contributed by atoms with E-state index in [0.717, 1.165) is 16.6 Å². The maximum atomic E-state index is 14.2. The molecule has 0 aliphatic rings. The van der Waals surface area contributed by atoms with Gasteiger partial charge in [-0.05, 0) is 54.4 Å². The lowest BCUT2D eigenvalue weighted by atomic mass is 10.1. The lowest BCUT2D eigenvalue weighted by Gasteiger charge is -2.14. The Bertz CT molecular complexity index is 1350. The Morgan fingerprint density at radius 2 is 1.74 bits per heavy atom. The summed E-state index contributed by atoms with van der Waals surface area (Å²) in [5, 5.41) is 20.0. The number of nitrogens with zero attached hydrogens (tertiary/aromatic N) is 1. The van der Waals surface area contributed by atoms with Crippen LogP contribution in [0.3, 0.4) is 0 Å². The molecule has 0 atom stereocenters. The topological polar surface area (TPSA) is 80.9 Å². The van der Waals surface area contributed by atoms with E-state index in [1.807, 2.05) is 16.8 Å². The quantitative estimate of drug-likeness (QED) is 0.217. The van der Waals surface area contributed by atoms with E-state index >= 15 is 0 Å². The molecule has 6 nitrogen and oxygen atoms in total. The first kappa shape index (κ1) is 23.9. The summed E-state index contributed by atoms with van der Waals surface area (Å²) in [5.41, 5.74) is 2.55. The highest BCUT2D eigenvalue weighted by Crippen LogP contribution is 2.33. The maximum Gasteiger partial charge on any atom is 0.511 e. The number of rotatable bonds is 8. The molecule has 0 aliphatic carbocycles. The maximum absolute atomic E-state index is 14.2. The fraction of sp³-hybridized carbons (Fsp3) is 0.160. The SMILES string of the molecule is O=C(O)Oc1cccc2c1c(CCO)cn2Cc1cc(Cl)ccc1OCc1ccc(Cl)cc1F. The number of ether oxygens (including phenoxy) is 2. The van der Waals surface area contributed by atoms with Gasteiger partial charge in [0, 0.05) is 39.4 Å². The molecule has 0 radical (unpaired) electrons. The molecule has 34 heavy (non-hydrogen) atoms. The lowest BCUT2D eigenvalue weighted by molar-refractivity contribution is 0.145. The first-order valence-electron chi connectivity index (χ1n) is 10.3. The number of hydrogen-bond acceptors (Lipinski definition) is 4. The van der Waals surface area contributed by atoms with Crippen LogP contribution in [0, 0.1) is 5.82 Å². The second-order valence-electron chi connectivity index (χ2n) is 7.55. The first-order valence-corrected chi connectivity index (χ1v) is 11.1. The predicted molar refractivity (Wildman–Crippen MR) is 128 cm³/mol. The molecule has 0 unspecified atom stereocenters. The van der Waals surface area contributed by atoms with Crippen LogP contribution in [0.25, 0.3) is 10.9 Å². The van der Waals surface area contributed by atoms with Crippen molar-refractivity contribution in [1.29, 1.82) is 0 Å². The summed E-state index contributed by atoms with van der Waals surface area (Å²) in [6.45, 7) is 0.215. The molecule has 1 aromatic heterocycles. The summed E-state index contributed by atoms with van der Waals surface area (Å²) in [6, 6.07) is 14.6. The number of hydrogen-bond donors (Lipinski definition) is 2. The fourth-order valence-corrected chi connectivity index (χ4v) is 4.17. The third-order valence-electron chi connectivity index (χ3n) is 5.29. The lowest BCUT2D eigenvalue weighted by Crippen LogP contribution is -2.05. The molecule has 0 bridgehead atoms. The zero-order chi connectivity index (χ0) is 24.2. The molecular weight excluding hydrogens is 484 g/mol. The van der Waals surface area contributed by atoms with Crippen LogP contribution in [0.2, 0.25) is 10.0 Å². The third kappa shape index (κ3) is 5.28. The highest BCUT2D eigenvalue weighted by Gasteiger charge is 2.17. The number of halogens is 3. The Kier molecular flexibility index (Phi) is 7.26.